The minimum atomic E-state index is -0.711. The third-order valence-corrected chi connectivity index (χ3v) is 4.40. The van der Waals surface area contributed by atoms with E-state index >= 15 is 0 Å². The Morgan fingerprint density at radius 2 is 2.00 bits per heavy atom. The lowest BCUT2D eigenvalue weighted by molar-refractivity contribution is -0.149. The fraction of sp³-hybridized carbons (Fsp3) is 0.429. The number of ether oxygens (including phenoxy) is 2. The van der Waals surface area contributed by atoms with Crippen LogP contribution in [0.4, 0.5) is 0 Å². The van der Waals surface area contributed by atoms with Crippen molar-refractivity contribution < 1.29 is 14.3 Å². The normalized spacial score (nSPS) is 13.9. The van der Waals surface area contributed by atoms with E-state index in [1.165, 1.54) is 7.11 Å². The molecule has 0 aliphatic carbocycles. The van der Waals surface area contributed by atoms with E-state index in [1.807, 2.05) is 38.1 Å². The number of aromatic nitrogens is 1. The fourth-order valence-electron chi connectivity index (χ4n) is 2.67. The van der Waals surface area contributed by atoms with Gasteiger partial charge in [0, 0.05) is 24.3 Å². The monoisotopic (exact) mass is 341 g/mol. The summed E-state index contributed by atoms with van der Waals surface area (Å²) in [4.78, 5) is 16.9. The van der Waals surface area contributed by atoms with Crippen LogP contribution in [0.25, 0.3) is 17.0 Å². The predicted octanol–water partition coefficient (Wildman–Crippen LogP) is 4.42. The first-order chi connectivity index (χ1) is 12.0. The topological polar surface area (TPSA) is 48.4 Å². The number of hydrogen-bond acceptors (Lipinski definition) is 4. The van der Waals surface area contributed by atoms with Crippen LogP contribution >= 0.6 is 0 Å². The molecule has 0 aliphatic rings. The Morgan fingerprint density at radius 1 is 1.24 bits per heavy atom. The zero-order valence-electron chi connectivity index (χ0n) is 15.5. The highest BCUT2D eigenvalue weighted by atomic mass is 16.5. The quantitative estimate of drug-likeness (QED) is 0.527. The fourth-order valence-corrected chi connectivity index (χ4v) is 2.67. The molecule has 0 amide bonds. The average molecular weight is 341 g/mol. The summed E-state index contributed by atoms with van der Waals surface area (Å²) in [5, 5.41) is 1.11. The summed E-state index contributed by atoms with van der Waals surface area (Å²) < 4.78 is 10.4. The molecule has 0 saturated heterocycles. The Morgan fingerprint density at radius 3 is 2.68 bits per heavy atom. The second-order valence-electron chi connectivity index (χ2n) is 6.30. The molecule has 25 heavy (non-hydrogen) atoms. The molecule has 2 rings (SSSR count). The van der Waals surface area contributed by atoms with Crippen molar-refractivity contribution in [2.45, 2.75) is 33.6 Å². The van der Waals surface area contributed by atoms with Crippen molar-refractivity contribution in [2.75, 3.05) is 20.3 Å². The first kappa shape index (κ1) is 19.1. The molecule has 2 aromatic rings. The largest absolute Gasteiger partial charge is 0.468 e. The molecule has 0 radical (unpaired) electrons. The second kappa shape index (κ2) is 8.77. The van der Waals surface area contributed by atoms with Crippen LogP contribution in [-0.4, -0.2) is 31.3 Å². The van der Waals surface area contributed by atoms with Crippen molar-refractivity contribution in [3.05, 3.63) is 47.7 Å². The molecule has 0 N–H and O–H groups in total. The van der Waals surface area contributed by atoms with Crippen LogP contribution in [0.15, 0.2) is 36.4 Å². The van der Waals surface area contributed by atoms with Gasteiger partial charge < -0.3 is 9.47 Å². The molecule has 1 aromatic heterocycles. The highest BCUT2D eigenvalue weighted by Gasteiger charge is 2.31. The van der Waals surface area contributed by atoms with E-state index in [4.69, 9.17) is 9.47 Å². The minimum absolute atomic E-state index is 0.254. The van der Waals surface area contributed by atoms with Crippen molar-refractivity contribution in [1.29, 1.82) is 0 Å². The molecule has 1 unspecified atom stereocenters. The predicted molar refractivity (Wildman–Crippen MR) is 101 cm³/mol. The molecular formula is C21H27NO3. The van der Waals surface area contributed by atoms with Gasteiger partial charge in [-0.2, -0.15) is 0 Å². The van der Waals surface area contributed by atoms with Crippen molar-refractivity contribution in [2.24, 2.45) is 5.41 Å². The number of hydrogen-bond donors (Lipinski definition) is 0. The van der Waals surface area contributed by atoms with Crippen LogP contribution in [-0.2, 0) is 20.7 Å². The number of aryl methyl sites for hydroxylation is 1. The van der Waals surface area contributed by atoms with E-state index in [0.29, 0.717) is 19.6 Å². The van der Waals surface area contributed by atoms with E-state index in [9.17, 15) is 4.79 Å². The van der Waals surface area contributed by atoms with Gasteiger partial charge >= 0.3 is 5.97 Å². The SMILES string of the molecule is CCOCCC(C)(/C=C/c1ccc2ccc(CC)nc2c1)C(=O)OC. The molecule has 4 heteroatoms. The lowest BCUT2D eigenvalue weighted by Gasteiger charge is -2.22. The number of nitrogens with zero attached hydrogens (tertiary/aromatic N) is 1. The van der Waals surface area contributed by atoms with Gasteiger partial charge in [-0.1, -0.05) is 37.3 Å². The molecule has 0 aliphatic heterocycles. The van der Waals surface area contributed by atoms with E-state index in [2.05, 4.69) is 30.1 Å². The highest BCUT2D eigenvalue weighted by Crippen LogP contribution is 2.27. The average Bonchev–Trinajstić information content (AvgIpc) is 2.65. The number of benzene rings is 1. The molecule has 1 aromatic carbocycles. The third kappa shape index (κ3) is 4.89. The van der Waals surface area contributed by atoms with Gasteiger partial charge in [-0.3, -0.25) is 9.78 Å². The molecule has 1 atom stereocenters. The lowest BCUT2D eigenvalue weighted by atomic mass is 9.86. The second-order valence-corrected chi connectivity index (χ2v) is 6.30. The van der Waals surface area contributed by atoms with Crippen LogP contribution in [0.2, 0.25) is 0 Å². The number of rotatable bonds is 8. The Kier molecular flexibility index (Phi) is 6.71. The first-order valence-electron chi connectivity index (χ1n) is 8.77. The van der Waals surface area contributed by atoms with E-state index in [-0.39, 0.29) is 5.97 Å². The zero-order chi connectivity index (χ0) is 18.3. The Hall–Kier alpha value is -2.20. The maximum atomic E-state index is 12.2. The van der Waals surface area contributed by atoms with Crippen LogP contribution in [0.5, 0.6) is 0 Å². The number of methoxy groups -OCH3 is 1. The smallest absolute Gasteiger partial charge is 0.315 e. The molecule has 4 nitrogen and oxygen atoms in total. The Bertz CT molecular complexity index is 754. The minimum Gasteiger partial charge on any atom is -0.468 e. The van der Waals surface area contributed by atoms with Gasteiger partial charge in [-0.15, -0.1) is 0 Å². The highest BCUT2D eigenvalue weighted by molar-refractivity contribution is 5.83. The molecule has 0 fully saturated rings. The summed E-state index contributed by atoms with van der Waals surface area (Å²) in [5.41, 5.74) is 2.34. The molecule has 0 saturated carbocycles. The number of pyridine rings is 1. The Labute approximate surface area is 149 Å². The maximum Gasteiger partial charge on any atom is 0.315 e. The number of carbonyl (C=O) groups is 1. The molecule has 0 spiro atoms. The summed E-state index contributed by atoms with van der Waals surface area (Å²) in [7, 11) is 1.42. The van der Waals surface area contributed by atoms with Crippen molar-refractivity contribution in [3.8, 4) is 0 Å². The summed E-state index contributed by atoms with van der Waals surface area (Å²) >= 11 is 0. The zero-order valence-corrected chi connectivity index (χ0v) is 15.5. The van der Waals surface area contributed by atoms with Gasteiger partial charge in [0.25, 0.3) is 0 Å². The molecular weight excluding hydrogens is 314 g/mol. The lowest BCUT2D eigenvalue weighted by Crippen LogP contribution is -2.28. The van der Waals surface area contributed by atoms with Gasteiger partial charge in [-0.25, -0.2) is 0 Å². The summed E-state index contributed by atoms with van der Waals surface area (Å²) in [6.45, 7) is 7.07. The van der Waals surface area contributed by atoms with Crippen molar-refractivity contribution in [1.82, 2.24) is 4.98 Å². The van der Waals surface area contributed by atoms with Crippen molar-refractivity contribution >= 4 is 22.9 Å². The first-order valence-corrected chi connectivity index (χ1v) is 8.77. The summed E-state index contributed by atoms with van der Waals surface area (Å²) in [6.07, 6.45) is 5.36. The van der Waals surface area contributed by atoms with Crippen LogP contribution in [0.3, 0.4) is 0 Å². The summed E-state index contributed by atoms with van der Waals surface area (Å²) in [6, 6.07) is 10.3. The number of fused-ring (bicyclic) bond motifs is 1. The van der Waals surface area contributed by atoms with Gasteiger partial charge in [0.1, 0.15) is 0 Å². The van der Waals surface area contributed by atoms with E-state index < -0.39 is 5.41 Å². The van der Waals surface area contributed by atoms with Crippen molar-refractivity contribution in [3.63, 3.8) is 0 Å². The van der Waals surface area contributed by atoms with Gasteiger partial charge in [0.05, 0.1) is 18.0 Å². The van der Waals surface area contributed by atoms with E-state index in [1.54, 1.807) is 0 Å². The van der Waals surface area contributed by atoms with Crippen LogP contribution < -0.4 is 0 Å². The standard InChI is InChI=1S/C21H27NO3/c1-5-18-10-9-17-8-7-16(15-19(17)22-18)11-12-21(3,20(23)24-4)13-14-25-6-2/h7-12,15H,5-6,13-14H2,1-4H3/b12-11+. The maximum absolute atomic E-state index is 12.2. The molecule has 0 bridgehead atoms. The van der Waals surface area contributed by atoms with Crippen LogP contribution in [0, 0.1) is 5.41 Å². The van der Waals surface area contributed by atoms with E-state index in [0.717, 1.165) is 28.6 Å². The molecule has 134 valence electrons. The summed E-state index contributed by atoms with van der Waals surface area (Å²) in [5.74, 6) is -0.254. The van der Waals surface area contributed by atoms with Crippen LogP contribution in [0.1, 0.15) is 38.4 Å². The number of esters is 1. The Balaban J connectivity index is 2.26. The van der Waals surface area contributed by atoms with Gasteiger partial charge in [0.15, 0.2) is 0 Å². The van der Waals surface area contributed by atoms with Gasteiger partial charge in [-0.05, 0) is 44.4 Å². The number of carbonyl (C=O) groups excluding carboxylic acids is 1. The molecule has 1 heterocycles. The van der Waals surface area contributed by atoms with Gasteiger partial charge in [0.2, 0.25) is 0 Å². The third-order valence-electron chi connectivity index (χ3n) is 4.40.